The maximum absolute atomic E-state index is 6.19. The van der Waals surface area contributed by atoms with E-state index in [9.17, 15) is 0 Å². The second-order valence-electron chi connectivity index (χ2n) is 4.31. The van der Waals surface area contributed by atoms with Gasteiger partial charge in [0.2, 0.25) is 0 Å². The van der Waals surface area contributed by atoms with Gasteiger partial charge >= 0.3 is 0 Å². The Kier molecular flexibility index (Phi) is 5.22. The lowest BCUT2D eigenvalue weighted by Gasteiger charge is -2.04. The number of halogens is 2. The number of nitrogens with zero attached hydrogens (tertiary/aromatic N) is 1. The van der Waals surface area contributed by atoms with Crippen molar-refractivity contribution in [2.45, 2.75) is 32.7 Å². The zero-order chi connectivity index (χ0) is 13.8. The molecule has 2 aromatic rings. The molecule has 2 rings (SSSR count). The Labute approximate surface area is 127 Å². The third-order valence-electron chi connectivity index (χ3n) is 2.88. The summed E-state index contributed by atoms with van der Waals surface area (Å²) >= 11 is 14.0. The third kappa shape index (κ3) is 3.48. The van der Waals surface area contributed by atoms with E-state index < -0.39 is 0 Å². The van der Waals surface area contributed by atoms with Gasteiger partial charge in [0.1, 0.15) is 0 Å². The quantitative estimate of drug-likeness (QED) is 0.885. The van der Waals surface area contributed by atoms with Crippen LogP contribution in [-0.2, 0) is 19.4 Å². The van der Waals surface area contributed by atoms with E-state index in [1.807, 2.05) is 18.2 Å². The van der Waals surface area contributed by atoms with Gasteiger partial charge in [0.05, 0.1) is 10.7 Å². The van der Waals surface area contributed by atoms with Gasteiger partial charge in [-0.05, 0) is 24.1 Å². The molecule has 2 nitrogen and oxygen atoms in total. The lowest BCUT2D eigenvalue weighted by Crippen LogP contribution is -1.98. The zero-order valence-electron chi connectivity index (χ0n) is 10.7. The van der Waals surface area contributed by atoms with Crippen LogP contribution in [0.1, 0.15) is 34.5 Å². The number of aromatic nitrogens is 1. The van der Waals surface area contributed by atoms with Gasteiger partial charge in [-0.1, -0.05) is 42.6 Å². The predicted molar refractivity (Wildman–Crippen MR) is 83.3 cm³/mol. The molecule has 0 bridgehead atoms. The average molecular weight is 315 g/mol. The molecular weight excluding hydrogens is 299 g/mol. The SMILES string of the molecule is CCCc1nc(Cc2c(Cl)cccc2Cl)sc1CN. The van der Waals surface area contributed by atoms with Crippen LogP contribution >= 0.6 is 34.5 Å². The number of aryl methyl sites for hydroxylation is 1. The molecule has 0 amide bonds. The van der Waals surface area contributed by atoms with Crippen LogP contribution in [0.5, 0.6) is 0 Å². The minimum atomic E-state index is 0.545. The van der Waals surface area contributed by atoms with Crippen molar-refractivity contribution in [2.24, 2.45) is 5.73 Å². The van der Waals surface area contributed by atoms with Gasteiger partial charge in [-0.2, -0.15) is 0 Å². The number of thiazole rings is 1. The van der Waals surface area contributed by atoms with Crippen molar-refractivity contribution < 1.29 is 0 Å². The molecule has 1 aromatic heterocycles. The highest BCUT2D eigenvalue weighted by Crippen LogP contribution is 2.29. The van der Waals surface area contributed by atoms with Gasteiger partial charge in [-0.25, -0.2) is 4.98 Å². The van der Waals surface area contributed by atoms with E-state index in [-0.39, 0.29) is 0 Å². The smallest absolute Gasteiger partial charge is 0.0976 e. The van der Waals surface area contributed by atoms with Crippen LogP contribution in [0, 0.1) is 0 Å². The molecule has 0 saturated heterocycles. The Bertz CT molecular complexity index is 546. The largest absolute Gasteiger partial charge is 0.326 e. The lowest BCUT2D eigenvalue weighted by molar-refractivity contribution is 0.863. The first-order valence-corrected chi connectivity index (χ1v) is 7.83. The van der Waals surface area contributed by atoms with Gasteiger partial charge < -0.3 is 5.73 Å². The highest BCUT2D eigenvalue weighted by Gasteiger charge is 2.13. The van der Waals surface area contributed by atoms with Crippen LogP contribution in [0.25, 0.3) is 0 Å². The average Bonchev–Trinajstić information content (AvgIpc) is 2.77. The summed E-state index contributed by atoms with van der Waals surface area (Å²) in [6, 6.07) is 5.56. The van der Waals surface area contributed by atoms with Crippen LogP contribution in [0.3, 0.4) is 0 Å². The van der Waals surface area contributed by atoms with Crippen molar-refractivity contribution in [1.29, 1.82) is 0 Å². The Balaban J connectivity index is 2.28. The number of benzene rings is 1. The first kappa shape index (κ1) is 14.8. The second kappa shape index (κ2) is 6.71. The molecule has 0 atom stereocenters. The topological polar surface area (TPSA) is 38.9 Å². The summed E-state index contributed by atoms with van der Waals surface area (Å²) in [6.07, 6.45) is 2.71. The molecule has 0 unspecified atom stereocenters. The van der Waals surface area contributed by atoms with E-state index in [0.29, 0.717) is 23.0 Å². The summed E-state index contributed by atoms with van der Waals surface area (Å²) in [5.74, 6) is 0. The van der Waals surface area contributed by atoms with Gasteiger partial charge in [0.25, 0.3) is 0 Å². The second-order valence-corrected chi connectivity index (χ2v) is 6.29. The summed E-state index contributed by atoms with van der Waals surface area (Å²) < 4.78 is 0. The van der Waals surface area contributed by atoms with Gasteiger partial charge in [-0.15, -0.1) is 11.3 Å². The normalized spacial score (nSPS) is 10.9. The molecule has 0 radical (unpaired) electrons. The molecule has 0 spiro atoms. The fourth-order valence-corrected chi connectivity index (χ4v) is 3.49. The molecule has 5 heteroatoms. The van der Waals surface area contributed by atoms with E-state index in [1.165, 1.54) is 4.88 Å². The molecule has 102 valence electrons. The van der Waals surface area contributed by atoms with Crippen LogP contribution in [0.2, 0.25) is 10.0 Å². The summed E-state index contributed by atoms with van der Waals surface area (Å²) in [4.78, 5) is 5.84. The molecule has 19 heavy (non-hydrogen) atoms. The van der Waals surface area contributed by atoms with Crippen LogP contribution in [0.4, 0.5) is 0 Å². The summed E-state index contributed by atoms with van der Waals surface area (Å²) in [6.45, 7) is 2.69. The molecule has 2 N–H and O–H groups in total. The molecule has 0 saturated carbocycles. The first-order valence-electron chi connectivity index (χ1n) is 6.26. The van der Waals surface area contributed by atoms with E-state index in [1.54, 1.807) is 11.3 Å². The Morgan fingerprint density at radius 1 is 1.26 bits per heavy atom. The molecule has 0 aliphatic heterocycles. The van der Waals surface area contributed by atoms with E-state index in [2.05, 4.69) is 11.9 Å². The summed E-state index contributed by atoms with van der Waals surface area (Å²) in [5.41, 5.74) is 7.82. The molecule has 1 aromatic carbocycles. The maximum Gasteiger partial charge on any atom is 0.0976 e. The molecule has 0 fully saturated rings. The Morgan fingerprint density at radius 2 is 1.95 bits per heavy atom. The Morgan fingerprint density at radius 3 is 2.53 bits per heavy atom. The van der Waals surface area contributed by atoms with E-state index >= 15 is 0 Å². The number of hydrogen-bond acceptors (Lipinski definition) is 3. The van der Waals surface area contributed by atoms with Crippen molar-refractivity contribution in [3.63, 3.8) is 0 Å². The third-order valence-corrected chi connectivity index (χ3v) is 4.71. The monoisotopic (exact) mass is 314 g/mol. The van der Waals surface area contributed by atoms with Crippen molar-refractivity contribution in [1.82, 2.24) is 4.98 Å². The number of hydrogen-bond donors (Lipinski definition) is 1. The van der Waals surface area contributed by atoms with Crippen molar-refractivity contribution in [3.8, 4) is 0 Å². The molecule has 1 heterocycles. The van der Waals surface area contributed by atoms with Crippen LogP contribution in [-0.4, -0.2) is 4.98 Å². The highest BCUT2D eigenvalue weighted by atomic mass is 35.5. The fourth-order valence-electron chi connectivity index (χ4n) is 1.96. The predicted octanol–water partition coefficient (Wildman–Crippen LogP) is 4.45. The molecule has 0 aliphatic rings. The van der Waals surface area contributed by atoms with Crippen LogP contribution < -0.4 is 5.73 Å². The number of nitrogens with two attached hydrogens (primary N) is 1. The van der Waals surface area contributed by atoms with Gasteiger partial charge in [0, 0.05) is 27.9 Å². The minimum Gasteiger partial charge on any atom is -0.326 e. The summed E-state index contributed by atoms with van der Waals surface area (Å²) in [7, 11) is 0. The highest BCUT2D eigenvalue weighted by molar-refractivity contribution is 7.11. The van der Waals surface area contributed by atoms with Crippen molar-refractivity contribution in [3.05, 3.63) is 49.4 Å². The van der Waals surface area contributed by atoms with Gasteiger partial charge in [0.15, 0.2) is 0 Å². The van der Waals surface area contributed by atoms with E-state index in [4.69, 9.17) is 28.9 Å². The maximum atomic E-state index is 6.19. The summed E-state index contributed by atoms with van der Waals surface area (Å²) in [5, 5.41) is 2.40. The van der Waals surface area contributed by atoms with Gasteiger partial charge in [-0.3, -0.25) is 0 Å². The Hall–Kier alpha value is -0.610. The zero-order valence-corrected chi connectivity index (χ0v) is 13.1. The van der Waals surface area contributed by atoms with E-state index in [0.717, 1.165) is 29.1 Å². The minimum absolute atomic E-state index is 0.545. The lowest BCUT2D eigenvalue weighted by atomic mass is 10.1. The number of rotatable bonds is 5. The fraction of sp³-hybridized carbons (Fsp3) is 0.357. The molecule has 0 aliphatic carbocycles. The van der Waals surface area contributed by atoms with Crippen LogP contribution in [0.15, 0.2) is 18.2 Å². The van der Waals surface area contributed by atoms with Crippen molar-refractivity contribution in [2.75, 3.05) is 0 Å². The standard InChI is InChI=1S/C14H16Cl2N2S/c1-2-4-12-13(8-17)19-14(18-12)7-9-10(15)5-3-6-11(9)16/h3,5-6H,2,4,7-8,17H2,1H3. The molecular formula is C14H16Cl2N2S. The first-order chi connectivity index (χ1) is 9.15. The van der Waals surface area contributed by atoms with Crippen molar-refractivity contribution >= 4 is 34.5 Å².